The molecule has 1 aliphatic carbocycles. The summed E-state index contributed by atoms with van der Waals surface area (Å²) in [5.41, 5.74) is 1.10. The molecule has 23 heavy (non-hydrogen) atoms. The van der Waals surface area contributed by atoms with Crippen LogP contribution in [0.15, 0.2) is 40.3 Å². The molecule has 3 rings (SSSR count). The summed E-state index contributed by atoms with van der Waals surface area (Å²) < 4.78 is 12.9. The Kier molecular flexibility index (Phi) is 4.76. The predicted octanol–water partition coefficient (Wildman–Crippen LogP) is 2.02. The summed E-state index contributed by atoms with van der Waals surface area (Å²) in [5.74, 6) is 0.162. The minimum atomic E-state index is -0.283. The van der Waals surface area contributed by atoms with Gasteiger partial charge in [0.15, 0.2) is 5.16 Å². The number of hydrogen-bond acceptors (Lipinski definition) is 4. The van der Waals surface area contributed by atoms with Crippen molar-refractivity contribution in [3.8, 4) is 0 Å². The van der Waals surface area contributed by atoms with Gasteiger partial charge in [0.1, 0.15) is 5.82 Å². The molecule has 2 aromatic rings. The van der Waals surface area contributed by atoms with Crippen molar-refractivity contribution in [1.29, 1.82) is 0 Å². The molecule has 120 valence electrons. The highest BCUT2D eigenvalue weighted by atomic mass is 32.2. The number of thioether (sulfide) groups is 1. The fourth-order valence-corrected chi connectivity index (χ4v) is 2.90. The van der Waals surface area contributed by atoms with Gasteiger partial charge in [-0.05, 0) is 30.5 Å². The van der Waals surface area contributed by atoms with E-state index in [0.29, 0.717) is 16.6 Å². The Balaban J connectivity index is 1.63. The van der Waals surface area contributed by atoms with Gasteiger partial charge in [-0.15, -0.1) is 0 Å². The zero-order valence-corrected chi connectivity index (χ0v) is 13.2. The summed E-state index contributed by atoms with van der Waals surface area (Å²) in [4.78, 5) is 30.4. The molecule has 7 heteroatoms. The van der Waals surface area contributed by atoms with Crippen molar-refractivity contribution < 1.29 is 9.18 Å². The molecule has 0 saturated heterocycles. The Morgan fingerprint density at radius 2 is 2.09 bits per heavy atom. The maximum atomic E-state index is 12.9. The Bertz CT molecular complexity index is 757. The second-order valence-electron chi connectivity index (χ2n) is 5.48. The van der Waals surface area contributed by atoms with Gasteiger partial charge in [-0.3, -0.25) is 9.59 Å². The zero-order valence-electron chi connectivity index (χ0n) is 12.3. The molecule has 1 aromatic carbocycles. The van der Waals surface area contributed by atoms with Gasteiger partial charge >= 0.3 is 0 Å². The molecule has 1 heterocycles. The van der Waals surface area contributed by atoms with Gasteiger partial charge in [-0.2, -0.15) is 0 Å². The van der Waals surface area contributed by atoms with Gasteiger partial charge in [0.05, 0.1) is 12.1 Å². The number of aromatic amines is 1. The van der Waals surface area contributed by atoms with Gasteiger partial charge < -0.3 is 10.3 Å². The van der Waals surface area contributed by atoms with Crippen LogP contribution in [0.3, 0.4) is 0 Å². The van der Waals surface area contributed by atoms with Gasteiger partial charge in [0.25, 0.3) is 5.56 Å². The SMILES string of the molecule is O=C(Cc1cc(=O)[nH]c(SCc2ccc(F)cc2)n1)NC1CC1. The van der Waals surface area contributed by atoms with E-state index in [-0.39, 0.29) is 29.7 Å². The fraction of sp³-hybridized carbons (Fsp3) is 0.312. The van der Waals surface area contributed by atoms with Crippen LogP contribution in [0, 0.1) is 5.82 Å². The fourth-order valence-electron chi connectivity index (χ4n) is 2.05. The highest BCUT2D eigenvalue weighted by Gasteiger charge is 2.23. The lowest BCUT2D eigenvalue weighted by Crippen LogP contribution is -2.28. The number of H-pyrrole nitrogens is 1. The molecule has 0 radical (unpaired) electrons. The molecule has 1 fully saturated rings. The van der Waals surface area contributed by atoms with E-state index in [9.17, 15) is 14.0 Å². The average molecular weight is 333 g/mol. The number of rotatable bonds is 6. The van der Waals surface area contributed by atoms with Crippen molar-refractivity contribution in [2.45, 2.75) is 36.2 Å². The minimum Gasteiger partial charge on any atom is -0.353 e. The lowest BCUT2D eigenvalue weighted by molar-refractivity contribution is -0.120. The summed E-state index contributed by atoms with van der Waals surface area (Å²) in [7, 11) is 0. The van der Waals surface area contributed by atoms with E-state index < -0.39 is 0 Å². The normalized spacial score (nSPS) is 13.8. The van der Waals surface area contributed by atoms with Crippen molar-refractivity contribution in [1.82, 2.24) is 15.3 Å². The highest BCUT2D eigenvalue weighted by Crippen LogP contribution is 2.20. The van der Waals surface area contributed by atoms with Crippen LogP contribution in [-0.2, 0) is 17.0 Å². The molecule has 0 bridgehead atoms. The summed E-state index contributed by atoms with van der Waals surface area (Å²) in [5, 5.41) is 3.33. The number of amides is 1. The second-order valence-corrected chi connectivity index (χ2v) is 6.44. The molecule has 1 saturated carbocycles. The van der Waals surface area contributed by atoms with Crippen LogP contribution in [0.4, 0.5) is 4.39 Å². The number of hydrogen-bond donors (Lipinski definition) is 2. The molecule has 1 aromatic heterocycles. The average Bonchev–Trinajstić information content (AvgIpc) is 3.30. The van der Waals surface area contributed by atoms with Crippen LogP contribution >= 0.6 is 11.8 Å². The van der Waals surface area contributed by atoms with E-state index in [2.05, 4.69) is 15.3 Å². The van der Waals surface area contributed by atoms with Crippen molar-refractivity contribution >= 4 is 17.7 Å². The summed E-state index contributed by atoms with van der Waals surface area (Å²) in [6, 6.07) is 7.79. The first kappa shape index (κ1) is 15.7. The van der Waals surface area contributed by atoms with Crippen LogP contribution in [0.5, 0.6) is 0 Å². The van der Waals surface area contributed by atoms with Crippen LogP contribution in [0.2, 0.25) is 0 Å². The molecular formula is C16H16FN3O2S. The number of benzene rings is 1. The number of carbonyl (C=O) groups is 1. The maximum absolute atomic E-state index is 12.9. The number of nitrogens with zero attached hydrogens (tertiary/aromatic N) is 1. The number of carbonyl (C=O) groups excluding carboxylic acids is 1. The maximum Gasteiger partial charge on any atom is 0.251 e. The standard InChI is InChI=1S/C16H16FN3O2S/c17-11-3-1-10(2-4-11)9-23-16-19-13(8-15(22)20-16)7-14(21)18-12-5-6-12/h1-4,8,12H,5-7,9H2,(H,18,21)(H,19,20,22). The van der Waals surface area contributed by atoms with E-state index >= 15 is 0 Å². The van der Waals surface area contributed by atoms with Crippen molar-refractivity contribution in [2.24, 2.45) is 0 Å². The van der Waals surface area contributed by atoms with Crippen LogP contribution in [0.25, 0.3) is 0 Å². The van der Waals surface area contributed by atoms with E-state index in [1.165, 1.54) is 30.0 Å². The first-order valence-corrected chi connectivity index (χ1v) is 8.34. The molecule has 0 aliphatic heterocycles. The van der Waals surface area contributed by atoms with E-state index in [0.717, 1.165) is 18.4 Å². The van der Waals surface area contributed by atoms with Gasteiger partial charge in [0.2, 0.25) is 5.91 Å². The molecule has 0 spiro atoms. The monoisotopic (exact) mass is 333 g/mol. The van der Waals surface area contributed by atoms with Gasteiger partial charge in [-0.1, -0.05) is 23.9 Å². The van der Waals surface area contributed by atoms with E-state index in [1.54, 1.807) is 12.1 Å². The Labute approximate surface area is 136 Å². The van der Waals surface area contributed by atoms with Crippen LogP contribution < -0.4 is 10.9 Å². The van der Waals surface area contributed by atoms with Gasteiger partial charge in [0, 0.05) is 17.9 Å². The number of aromatic nitrogens is 2. The summed E-state index contributed by atoms with van der Waals surface area (Å²) >= 11 is 1.34. The van der Waals surface area contributed by atoms with Crippen molar-refractivity contribution in [3.63, 3.8) is 0 Å². The summed E-state index contributed by atoms with van der Waals surface area (Å²) in [6.07, 6.45) is 2.14. The van der Waals surface area contributed by atoms with Crippen molar-refractivity contribution in [3.05, 3.63) is 57.8 Å². The third-order valence-electron chi connectivity index (χ3n) is 3.35. The molecule has 0 unspecified atom stereocenters. The first-order chi connectivity index (χ1) is 11.1. The molecule has 1 amide bonds. The van der Waals surface area contributed by atoms with Crippen LogP contribution in [-0.4, -0.2) is 21.9 Å². The molecule has 1 aliphatic rings. The third kappa shape index (κ3) is 4.92. The molecule has 2 N–H and O–H groups in total. The minimum absolute atomic E-state index is 0.102. The third-order valence-corrected chi connectivity index (χ3v) is 4.29. The first-order valence-electron chi connectivity index (χ1n) is 7.35. The molecule has 5 nitrogen and oxygen atoms in total. The van der Waals surface area contributed by atoms with Gasteiger partial charge in [-0.25, -0.2) is 9.37 Å². The zero-order chi connectivity index (χ0) is 16.2. The van der Waals surface area contributed by atoms with Crippen LogP contribution in [0.1, 0.15) is 24.1 Å². The Morgan fingerprint density at radius 1 is 1.35 bits per heavy atom. The highest BCUT2D eigenvalue weighted by molar-refractivity contribution is 7.98. The quantitative estimate of drug-likeness (QED) is 0.626. The van der Waals surface area contributed by atoms with Crippen molar-refractivity contribution in [2.75, 3.05) is 0 Å². The molecular weight excluding hydrogens is 317 g/mol. The lowest BCUT2D eigenvalue weighted by atomic mass is 10.2. The largest absolute Gasteiger partial charge is 0.353 e. The molecule has 0 atom stereocenters. The summed E-state index contributed by atoms with van der Waals surface area (Å²) in [6.45, 7) is 0. The Morgan fingerprint density at radius 3 is 2.78 bits per heavy atom. The topological polar surface area (TPSA) is 74.8 Å². The smallest absolute Gasteiger partial charge is 0.251 e. The van der Waals surface area contributed by atoms with E-state index in [1.807, 2.05) is 0 Å². The number of halogens is 1. The second kappa shape index (κ2) is 6.95. The number of nitrogens with one attached hydrogen (secondary N) is 2. The van der Waals surface area contributed by atoms with E-state index in [4.69, 9.17) is 0 Å². The predicted molar refractivity (Wildman–Crippen MR) is 85.7 cm³/mol. The Hall–Kier alpha value is -2.15. The lowest BCUT2D eigenvalue weighted by Gasteiger charge is -2.05.